The van der Waals surface area contributed by atoms with E-state index in [0.717, 1.165) is 38.9 Å². The minimum atomic E-state index is -0.737. The highest BCUT2D eigenvalue weighted by atomic mass is 32.1. The average molecular weight is 386 g/mol. The SMILES string of the molecule is CCC(C(=O)O)C1Cc2sccc2C2(CCN(Cc3ccccc3)CC2)O1. The standard InChI is InChI=1S/C22H27NO3S/c1-2-17(21(24)25)19-14-20-18(8-13-27-20)22(26-19)9-11-23(12-10-22)15-16-6-4-3-5-7-16/h3-8,13,17,19H,2,9-12,14-15H2,1H3,(H,24,25). The van der Waals surface area contributed by atoms with E-state index in [0.29, 0.717) is 6.42 Å². The third-order valence-electron chi connectivity index (χ3n) is 6.12. The molecule has 0 radical (unpaired) electrons. The molecule has 3 heterocycles. The number of benzene rings is 1. The zero-order chi connectivity index (χ0) is 18.9. The van der Waals surface area contributed by atoms with E-state index in [1.807, 2.05) is 6.92 Å². The number of rotatable bonds is 5. The molecule has 1 aromatic carbocycles. The Morgan fingerprint density at radius 2 is 2.04 bits per heavy atom. The van der Waals surface area contributed by atoms with Crippen LogP contribution in [0.25, 0.3) is 0 Å². The van der Waals surface area contributed by atoms with Crippen molar-refractivity contribution in [2.75, 3.05) is 13.1 Å². The molecule has 1 fully saturated rings. The molecule has 0 aliphatic carbocycles. The van der Waals surface area contributed by atoms with Gasteiger partial charge >= 0.3 is 5.97 Å². The van der Waals surface area contributed by atoms with E-state index >= 15 is 0 Å². The number of carbonyl (C=O) groups is 1. The Labute approximate surface area is 164 Å². The van der Waals surface area contributed by atoms with Gasteiger partial charge in [-0.2, -0.15) is 0 Å². The number of hydrogen-bond donors (Lipinski definition) is 1. The molecule has 0 saturated carbocycles. The van der Waals surface area contributed by atoms with Crippen LogP contribution in [0.1, 0.15) is 42.2 Å². The van der Waals surface area contributed by atoms with Crippen molar-refractivity contribution in [2.24, 2.45) is 5.92 Å². The fourth-order valence-electron chi connectivity index (χ4n) is 4.60. The minimum absolute atomic E-state index is 0.223. The molecule has 1 spiro atoms. The van der Waals surface area contributed by atoms with Gasteiger partial charge in [-0.15, -0.1) is 11.3 Å². The molecule has 4 nitrogen and oxygen atoms in total. The van der Waals surface area contributed by atoms with Crippen molar-refractivity contribution in [2.45, 2.75) is 50.9 Å². The summed E-state index contributed by atoms with van der Waals surface area (Å²) in [5.41, 5.74) is 2.33. The molecule has 4 rings (SSSR count). The van der Waals surface area contributed by atoms with E-state index in [2.05, 4.69) is 46.7 Å². The lowest BCUT2D eigenvalue weighted by Gasteiger charge is -2.47. The van der Waals surface area contributed by atoms with Gasteiger partial charge in [0.25, 0.3) is 0 Å². The predicted molar refractivity (Wildman–Crippen MR) is 107 cm³/mol. The lowest BCUT2D eigenvalue weighted by atomic mass is 9.79. The number of carboxylic acids is 1. The molecule has 5 heteroatoms. The van der Waals surface area contributed by atoms with E-state index in [-0.39, 0.29) is 11.7 Å². The molecule has 144 valence electrons. The molecule has 1 aromatic heterocycles. The average Bonchev–Trinajstić information content (AvgIpc) is 3.15. The van der Waals surface area contributed by atoms with Crippen LogP contribution in [0.4, 0.5) is 0 Å². The lowest BCUT2D eigenvalue weighted by Crippen LogP contribution is -2.50. The number of thiophene rings is 1. The first kappa shape index (κ1) is 18.7. The smallest absolute Gasteiger partial charge is 0.309 e. The van der Waals surface area contributed by atoms with Crippen LogP contribution in [0.5, 0.6) is 0 Å². The van der Waals surface area contributed by atoms with Gasteiger partial charge in [-0.05, 0) is 41.8 Å². The molecule has 0 amide bonds. The molecule has 1 saturated heterocycles. The Morgan fingerprint density at radius 3 is 2.70 bits per heavy atom. The first-order chi connectivity index (χ1) is 13.1. The molecule has 1 N–H and O–H groups in total. The fraction of sp³-hybridized carbons (Fsp3) is 0.500. The number of fused-ring (bicyclic) bond motifs is 2. The molecule has 0 bridgehead atoms. The summed E-state index contributed by atoms with van der Waals surface area (Å²) in [5, 5.41) is 11.8. The number of nitrogens with zero attached hydrogens (tertiary/aromatic N) is 1. The topological polar surface area (TPSA) is 49.8 Å². The second kappa shape index (κ2) is 7.74. The highest BCUT2D eigenvalue weighted by Crippen LogP contribution is 2.46. The van der Waals surface area contributed by atoms with E-state index in [4.69, 9.17) is 4.74 Å². The maximum absolute atomic E-state index is 11.7. The summed E-state index contributed by atoms with van der Waals surface area (Å²) in [4.78, 5) is 15.5. The molecule has 27 heavy (non-hydrogen) atoms. The lowest BCUT2D eigenvalue weighted by molar-refractivity contribution is -0.173. The van der Waals surface area contributed by atoms with Crippen LogP contribution >= 0.6 is 11.3 Å². The van der Waals surface area contributed by atoms with Crippen LogP contribution in [0.15, 0.2) is 41.8 Å². The van der Waals surface area contributed by atoms with Crippen molar-refractivity contribution in [1.82, 2.24) is 4.90 Å². The summed E-state index contributed by atoms with van der Waals surface area (Å²) < 4.78 is 6.61. The Bertz CT molecular complexity index is 780. The highest BCUT2D eigenvalue weighted by Gasteiger charge is 2.46. The molecule has 2 atom stereocenters. The Morgan fingerprint density at radius 1 is 1.30 bits per heavy atom. The number of aliphatic carboxylic acids is 1. The second-order valence-electron chi connectivity index (χ2n) is 7.73. The summed E-state index contributed by atoms with van der Waals surface area (Å²) >= 11 is 1.75. The number of hydrogen-bond acceptors (Lipinski definition) is 4. The number of carboxylic acid groups (broad SMARTS) is 1. The normalized spacial score (nSPS) is 23.1. The van der Waals surface area contributed by atoms with E-state index in [1.165, 1.54) is 16.0 Å². The van der Waals surface area contributed by atoms with Crippen LogP contribution in [-0.2, 0) is 28.1 Å². The van der Waals surface area contributed by atoms with E-state index in [1.54, 1.807) is 11.3 Å². The largest absolute Gasteiger partial charge is 0.481 e. The van der Waals surface area contributed by atoms with Gasteiger partial charge in [-0.1, -0.05) is 37.3 Å². The summed E-state index contributed by atoms with van der Waals surface area (Å²) in [6, 6.07) is 12.8. The van der Waals surface area contributed by atoms with Gasteiger partial charge in [0.2, 0.25) is 0 Å². The summed E-state index contributed by atoms with van der Waals surface area (Å²) in [5.74, 6) is -1.17. The van der Waals surface area contributed by atoms with Crippen molar-refractivity contribution in [3.8, 4) is 0 Å². The molecular formula is C22H27NO3S. The van der Waals surface area contributed by atoms with Gasteiger partial charge in [0.05, 0.1) is 17.6 Å². The number of piperidine rings is 1. The zero-order valence-electron chi connectivity index (χ0n) is 15.8. The second-order valence-corrected chi connectivity index (χ2v) is 8.73. The molecule has 2 aliphatic rings. The summed E-state index contributed by atoms with van der Waals surface area (Å²) in [6.45, 7) is 4.85. The molecule has 2 unspecified atom stereocenters. The fourth-order valence-corrected chi connectivity index (χ4v) is 5.61. The predicted octanol–water partition coefficient (Wildman–Crippen LogP) is 4.29. The van der Waals surface area contributed by atoms with Gasteiger partial charge in [0, 0.05) is 30.9 Å². The minimum Gasteiger partial charge on any atom is -0.481 e. The maximum Gasteiger partial charge on any atom is 0.309 e. The number of likely N-dealkylation sites (tertiary alicyclic amines) is 1. The Balaban J connectivity index is 1.51. The molecular weight excluding hydrogens is 358 g/mol. The number of ether oxygens (including phenoxy) is 1. The van der Waals surface area contributed by atoms with Crippen molar-refractivity contribution >= 4 is 17.3 Å². The van der Waals surface area contributed by atoms with Crippen LogP contribution in [-0.4, -0.2) is 35.2 Å². The molecule has 2 aliphatic heterocycles. The van der Waals surface area contributed by atoms with Gasteiger partial charge in [-0.3, -0.25) is 9.69 Å². The van der Waals surface area contributed by atoms with Crippen molar-refractivity contribution in [3.63, 3.8) is 0 Å². The van der Waals surface area contributed by atoms with Crippen LogP contribution < -0.4 is 0 Å². The van der Waals surface area contributed by atoms with Gasteiger partial charge < -0.3 is 9.84 Å². The third kappa shape index (κ3) is 3.68. The monoisotopic (exact) mass is 385 g/mol. The van der Waals surface area contributed by atoms with Crippen LogP contribution in [0, 0.1) is 5.92 Å². The maximum atomic E-state index is 11.7. The van der Waals surface area contributed by atoms with Gasteiger partial charge in [-0.25, -0.2) is 0 Å². The molecule has 2 aromatic rings. The third-order valence-corrected chi connectivity index (χ3v) is 7.06. The Hall–Kier alpha value is -1.69. The first-order valence-electron chi connectivity index (χ1n) is 9.85. The first-order valence-corrected chi connectivity index (χ1v) is 10.7. The summed E-state index contributed by atoms with van der Waals surface area (Å²) in [7, 11) is 0. The van der Waals surface area contributed by atoms with Crippen molar-refractivity contribution < 1.29 is 14.6 Å². The van der Waals surface area contributed by atoms with Gasteiger partial charge in [0.1, 0.15) is 0 Å². The quantitative estimate of drug-likeness (QED) is 0.834. The highest BCUT2D eigenvalue weighted by molar-refractivity contribution is 7.10. The van der Waals surface area contributed by atoms with Gasteiger partial charge in [0.15, 0.2) is 0 Å². The van der Waals surface area contributed by atoms with E-state index in [9.17, 15) is 9.90 Å². The van der Waals surface area contributed by atoms with Crippen LogP contribution in [0.3, 0.4) is 0 Å². The van der Waals surface area contributed by atoms with Crippen molar-refractivity contribution in [1.29, 1.82) is 0 Å². The zero-order valence-corrected chi connectivity index (χ0v) is 16.6. The Kier molecular flexibility index (Phi) is 5.35. The summed E-state index contributed by atoms with van der Waals surface area (Å²) in [6.07, 6.45) is 2.97. The van der Waals surface area contributed by atoms with E-state index < -0.39 is 11.9 Å². The van der Waals surface area contributed by atoms with Crippen LogP contribution in [0.2, 0.25) is 0 Å². The van der Waals surface area contributed by atoms with Crippen molar-refractivity contribution in [3.05, 3.63) is 57.8 Å².